The first-order valence-corrected chi connectivity index (χ1v) is 14.8. The van der Waals surface area contributed by atoms with E-state index >= 15 is 0 Å². The molecule has 3 N–H and O–H groups in total. The van der Waals surface area contributed by atoms with Crippen molar-refractivity contribution < 1.29 is 51.7 Å². The van der Waals surface area contributed by atoms with E-state index in [2.05, 4.69) is 10.6 Å². The number of rotatable bonds is 15. The number of non-ortho nitro benzene ring substituents is 1. The Morgan fingerprint density at radius 2 is 1.66 bits per heavy atom. The van der Waals surface area contributed by atoms with Crippen molar-refractivity contribution in [1.82, 2.24) is 10.6 Å². The van der Waals surface area contributed by atoms with Crippen LogP contribution in [0.4, 0.5) is 18.9 Å². The number of carbonyl (C=O) groups excluding carboxylic acids is 2. The van der Waals surface area contributed by atoms with Crippen LogP contribution in [0.3, 0.4) is 0 Å². The highest BCUT2D eigenvalue weighted by atomic mass is 19.4. The molecule has 12 nitrogen and oxygen atoms in total. The molecular weight excluding hydrogens is 627 g/mol. The second kappa shape index (κ2) is 16.3. The van der Waals surface area contributed by atoms with Crippen LogP contribution in [0, 0.1) is 10.1 Å². The molecule has 3 rings (SSSR count). The molecule has 0 fully saturated rings. The maximum atomic E-state index is 14.2. The molecular formula is C32H38F3N3O9. The van der Waals surface area contributed by atoms with Crippen LogP contribution in [0.25, 0.3) is 0 Å². The minimum atomic E-state index is -5.06. The molecule has 1 aliphatic rings. The van der Waals surface area contributed by atoms with E-state index < -0.39 is 58.1 Å². The van der Waals surface area contributed by atoms with Crippen LogP contribution in [-0.4, -0.2) is 72.8 Å². The van der Waals surface area contributed by atoms with Crippen molar-refractivity contribution in [1.29, 1.82) is 0 Å². The molecule has 2 aromatic rings. The molecule has 256 valence electrons. The van der Waals surface area contributed by atoms with Crippen molar-refractivity contribution in [3.05, 3.63) is 86.7 Å². The lowest BCUT2D eigenvalue weighted by Crippen LogP contribution is -2.39. The number of esters is 2. The summed E-state index contributed by atoms with van der Waals surface area (Å²) in [6, 6.07) is 11.3. The Morgan fingerprint density at radius 3 is 2.26 bits per heavy atom. The molecule has 2 aromatic carbocycles. The summed E-state index contributed by atoms with van der Waals surface area (Å²) >= 11 is 0. The number of nitro benzene ring substituents is 1. The summed E-state index contributed by atoms with van der Waals surface area (Å²) in [4.78, 5) is 37.2. The average molecular weight is 666 g/mol. The van der Waals surface area contributed by atoms with Gasteiger partial charge in [0.25, 0.3) is 5.69 Å². The average Bonchev–Trinajstić information content (AvgIpc) is 3.01. The molecule has 0 saturated carbocycles. The normalized spacial score (nSPS) is 16.3. The van der Waals surface area contributed by atoms with Crippen molar-refractivity contribution in [2.75, 3.05) is 26.4 Å². The lowest BCUT2D eigenvalue weighted by Gasteiger charge is -2.32. The zero-order chi connectivity index (χ0) is 34.9. The van der Waals surface area contributed by atoms with Crippen LogP contribution in [0.2, 0.25) is 0 Å². The highest BCUT2D eigenvalue weighted by Gasteiger charge is 2.47. The molecule has 1 heterocycles. The quantitative estimate of drug-likeness (QED) is 0.138. The van der Waals surface area contributed by atoms with E-state index in [-0.39, 0.29) is 42.7 Å². The van der Waals surface area contributed by atoms with Gasteiger partial charge in [-0.25, -0.2) is 9.59 Å². The number of alkyl halides is 3. The second-order valence-corrected chi connectivity index (χ2v) is 11.0. The number of allylic oxidation sites excluding steroid dienone is 2. The van der Waals surface area contributed by atoms with Crippen LogP contribution in [0.1, 0.15) is 46.1 Å². The summed E-state index contributed by atoms with van der Waals surface area (Å²) < 4.78 is 64.3. The van der Waals surface area contributed by atoms with Gasteiger partial charge in [-0.1, -0.05) is 26.0 Å². The van der Waals surface area contributed by atoms with Gasteiger partial charge in [0.2, 0.25) is 0 Å². The predicted octanol–water partition coefficient (Wildman–Crippen LogP) is 4.68. The fourth-order valence-electron chi connectivity index (χ4n) is 4.68. The molecule has 0 saturated heterocycles. The van der Waals surface area contributed by atoms with Gasteiger partial charge in [-0.3, -0.25) is 10.1 Å². The Hall–Kier alpha value is -4.63. The van der Waals surface area contributed by atoms with Gasteiger partial charge in [0.05, 0.1) is 28.6 Å². The number of carbonyl (C=O) groups is 2. The summed E-state index contributed by atoms with van der Waals surface area (Å²) in [6.45, 7) is 7.97. The zero-order valence-corrected chi connectivity index (χ0v) is 26.6. The summed E-state index contributed by atoms with van der Waals surface area (Å²) in [7, 11) is 0. The van der Waals surface area contributed by atoms with Crippen molar-refractivity contribution >= 4 is 17.6 Å². The smallest absolute Gasteiger partial charge is 0.431 e. The lowest BCUT2D eigenvalue weighted by atomic mass is 9.80. The van der Waals surface area contributed by atoms with Crippen molar-refractivity contribution in [3.63, 3.8) is 0 Å². The predicted molar refractivity (Wildman–Crippen MR) is 164 cm³/mol. The standard InChI is InChI=1S/C32H38F3N3O9/c1-6-44-31(41)28-27(21-8-7-9-22(14-21)38(42)43)26(20(5)37-29(28)32(33,34)35)30(40)46-16-19(4)47-25-12-10-24(11-13-25)45-17-23(39)15-36-18(2)3/h7-14,18-19,23,27,36-37,39H,6,15-17H2,1-5H3. The fraction of sp³-hybridized carbons (Fsp3) is 0.438. The lowest BCUT2D eigenvalue weighted by molar-refractivity contribution is -0.384. The third-order valence-electron chi connectivity index (χ3n) is 6.79. The molecule has 1 aliphatic heterocycles. The summed E-state index contributed by atoms with van der Waals surface area (Å²) in [6.07, 6.45) is -6.50. The SMILES string of the molecule is CCOC(=O)C1=C(C(F)(F)F)NC(C)=C(C(=O)OCC(C)Oc2ccc(OCC(O)CNC(C)C)cc2)C1c1cccc([N+](=O)[O-])c1. The van der Waals surface area contributed by atoms with Gasteiger partial charge >= 0.3 is 18.1 Å². The van der Waals surface area contributed by atoms with Gasteiger partial charge in [0.1, 0.15) is 42.6 Å². The summed E-state index contributed by atoms with van der Waals surface area (Å²) in [5.74, 6) is -3.24. The Bertz CT molecular complexity index is 1490. The first-order chi connectivity index (χ1) is 22.1. The van der Waals surface area contributed by atoms with E-state index in [1.54, 1.807) is 31.2 Å². The molecule has 0 spiro atoms. The second-order valence-electron chi connectivity index (χ2n) is 11.0. The molecule has 15 heteroatoms. The van der Waals surface area contributed by atoms with E-state index in [0.717, 1.165) is 12.1 Å². The number of hydrogen-bond donors (Lipinski definition) is 3. The summed E-state index contributed by atoms with van der Waals surface area (Å²) in [5, 5.41) is 26.7. The Balaban J connectivity index is 1.79. The molecule has 0 aromatic heterocycles. The van der Waals surface area contributed by atoms with E-state index in [4.69, 9.17) is 18.9 Å². The molecule has 3 atom stereocenters. The highest BCUT2D eigenvalue weighted by Crippen LogP contribution is 2.44. The van der Waals surface area contributed by atoms with Gasteiger partial charge in [0.15, 0.2) is 0 Å². The number of halogens is 3. The maximum absolute atomic E-state index is 14.2. The van der Waals surface area contributed by atoms with E-state index in [1.807, 2.05) is 13.8 Å². The molecule has 0 bridgehead atoms. The van der Waals surface area contributed by atoms with Crippen molar-refractivity contribution in [2.24, 2.45) is 0 Å². The maximum Gasteiger partial charge on any atom is 0.431 e. The third kappa shape index (κ3) is 10.2. The number of dihydropyridines is 1. The number of ether oxygens (including phenoxy) is 4. The monoisotopic (exact) mass is 665 g/mol. The minimum Gasteiger partial charge on any atom is -0.491 e. The molecule has 3 unspecified atom stereocenters. The highest BCUT2D eigenvalue weighted by molar-refractivity contribution is 6.00. The number of hydrogen-bond acceptors (Lipinski definition) is 11. The minimum absolute atomic E-state index is 0.0747. The molecule has 0 radical (unpaired) electrons. The van der Waals surface area contributed by atoms with Gasteiger partial charge in [-0.15, -0.1) is 0 Å². The first kappa shape index (κ1) is 36.8. The van der Waals surface area contributed by atoms with E-state index in [9.17, 15) is 38.0 Å². The molecule has 0 aliphatic carbocycles. The zero-order valence-electron chi connectivity index (χ0n) is 26.6. The number of nitrogens with zero attached hydrogens (tertiary/aromatic N) is 1. The van der Waals surface area contributed by atoms with Gasteiger partial charge in [0, 0.05) is 30.4 Å². The van der Waals surface area contributed by atoms with E-state index in [0.29, 0.717) is 18.0 Å². The number of aliphatic hydroxyl groups excluding tert-OH is 1. The number of nitrogens with one attached hydrogen (secondary N) is 2. The fourth-order valence-corrected chi connectivity index (χ4v) is 4.68. The van der Waals surface area contributed by atoms with Crippen molar-refractivity contribution in [2.45, 2.75) is 65.0 Å². The summed E-state index contributed by atoms with van der Waals surface area (Å²) in [5.41, 5.74) is -3.59. The van der Waals surface area contributed by atoms with Crippen LogP contribution < -0.4 is 20.1 Å². The molecule has 47 heavy (non-hydrogen) atoms. The Morgan fingerprint density at radius 1 is 1.02 bits per heavy atom. The number of aliphatic hydroxyl groups is 1. The first-order valence-electron chi connectivity index (χ1n) is 14.8. The Labute approximate surface area is 269 Å². The van der Waals surface area contributed by atoms with Crippen LogP contribution in [0.5, 0.6) is 11.5 Å². The van der Waals surface area contributed by atoms with Crippen LogP contribution in [-0.2, 0) is 19.1 Å². The topological polar surface area (TPSA) is 158 Å². The number of benzene rings is 2. The van der Waals surface area contributed by atoms with Gasteiger partial charge < -0.3 is 34.7 Å². The molecule has 0 amide bonds. The Kier molecular flexibility index (Phi) is 12.8. The number of nitro groups is 1. The third-order valence-corrected chi connectivity index (χ3v) is 6.79. The van der Waals surface area contributed by atoms with Gasteiger partial charge in [-0.05, 0) is 50.6 Å². The van der Waals surface area contributed by atoms with Crippen LogP contribution in [0.15, 0.2) is 71.1 Å². The van der Waals surface area contributed by atoms with Crippen LogP contribution >= 0.6 is 0 Å². The largest absolute Gasteiger partial charge is 0.491 e. The van der Waals surface area contributed by atoms with Crippen molar-refractivity contribution in [3.8, 4) is 11.5 Å². The van der Waals surface area contributed by atoms with Gasteiger partial charge in [-0.2, -0.15) is 13.2 Å². The van der Waals surface area contributed by atoms with E-state index in [1.165, 1.54) is 26.0 Å².